The molecule has 0 bridgehead atoms. The number of nitrogen functional groups attached to an aromatic ring is 1. The van der Waals surface area contributed by atoms with E-state index in [1.807, 2.05) is 0 Å². The molecular formula is C11H12ClNO4. The van der Waals surface area contributed by atoms with E-state index >= 15 is 0 Å². The van der Waals surface area contributed by atoms with Crippen LogP contribution in [0, 0.1) is 0 Å². The van der Waals surface area contributed by atoms with Crippen molar-refractivity contribution in [2.24, 2.45) is 0 Å². The second-order valence-electron chi connectivity index (χ2n) is 3.37. The topological polar surface area (TPSA) is 89.6 Å². The average Bonchev–Trinajstić information content (AvgIpc) is 2.28. The molecule has 0 aliphatic carbocycles. The van der Waals surface area contributed by atoms with Gasteiger partial charge in [-0.3, -0.25) is 0 Å². The molecule has 1 aromatic carbocycles. The molecule has 0 radical (unpaired) electrons. The van der Waals surface area contributed by atoms with Gasteiger partial charge in [0.15, 0.2) is 6.10 Å². The summed E-state index contributed by atoms with van der Waals surface area (Å²) in [6, 6.07) is 4.33. The van der Waals surface area contributed by atoms with Gasteiger partial charge in [-0.25, -0.2) is 9.59 Å². The minimum atomic E-state index is -1.19. The molecule has 0 aliphatic rings. The van der Waals surface area contributed by atoms with Crippen LogP contribution in [0.1, 0.15) is 23.7 Å². The molecule has 92 valence electrons. The van der Waals surface area contributed by atoms with Gasteiger partial charge in [-0.05, 0) is 24.6 Å². The summed E-state index contributed by atoms with van der Waals surface area (Å²) in [5.74, 6) is -1.99. The summed E-state index contributed by atoms with van der Waals surface area (Å²) in [4.78, 5) is 22.4. The van der Waals surface area contributed by atoms with Gasteiger partial charge in [0.2, 0.25) is 0 Å². The Morgan fingerprint density at radius 3 is 2.71 bits per heavy atom. The van der Waals surface area contributed by atoms with E-state index in [-0.39, 0.29) is 17.7 Å². The molecule has 0 saturated carbocycles. The zero-order valence-corrected chi connectivity index (χ0v) is 9.90. The number of ether oxygens (including phenoxy) is 1. The molecule has 1 aromatic rings. The summed E-state index contributed by atoms with van der Waals surface area (Å²) in [5, 5.41) is 9.09. The van der Waals surface area contributed by atoms with Gasteiger partial charge in [-0.1, -0.05) is 18.5 Å². The van der Waals surface area contributed by atoms with Crippen LogP contribution in [0.2, 0.25) is 5.02 Å². The lowest BCUT2D eigenvalue weighted by atomic mass is 10.2. The molecule has 1 atom stereocenters. The van der Waals surface area contributed by atoms with E-state index in [0.717, 1.165) is 0 Å². The van der Waals surface area contributed by atoms with E-state index in [1.54, 1.807) is 6.92 Å². The fraction of sp³-hybridized carbons (Fsp3) is 0.273. The number of anilines is 1. The lowest BCUT2D eigenvalue weighted by molar-refractivity contribution is -0.147. The lowest BCUT2D eigenvalue weighted by Gasteiger charge is -2.12. The third-order valence-electron chi connectivity index (χ3n) is 2.13. The predicted octanol–water partition coefficient (Wildman–Crippen LogP) is 1.94. The maximum atomic E-state index is 11.7. The van der Waals surface area contributed by atoms with Gasteiger partial charge in [0.05, 0.1) is 5.56 Å². The molecule has 6 heteroatoms. The number of carbonyl (C=O) groups is 2. The molecule has 5 nitrogen and oxygen atoms in total. The first kappa shape index (κ1) is 13.3. The number of benzene rings is 1. The highest BCUT2D eigenvalue weighted by Gasteiger charge is 2.22. The number of carboxylic acids is 1. The molecule has 3 N–H and O–H groups in total. The van der Waals surface area contributed by atoms with Crippen molar-refractivity contribution in [3.63, 3.8) is 0 Å². The number of hydrogen-bond donors (Lipinski definition) is 2. The van der Waals surface area contributed by atoms with Gasteiger partial charge in [-0.15, -0.1) is 0 Å². The number of rotatable bonds is 4. The molecule has 0 saturated heterocycles. The maximum absolute atomic E-state index is 11.7. The van der Waals surface area contributed by atoms with Crippen molar-refractivity contribution >= 4 is 29.2 Å². The third-order valence-corrected chi connectivity index (χ3v) is 2.37. The van der Waals surface area contributed by atoms with Crippen LogP contribution in [0.3, 0.4) is 0 Å². The molecule has 0 aromatic heterocycles. The number of aliphatic carboxylic acids is 1. The van der Waals surface area contributed by atoms with E-state index in [0.29, 0.717) is 5.02 Å². The Morgan fingerprint density at radius 1 is 1.53 bits per heavy atom. The Labute approximate surface area is 103 Å². The second-order valence-corrected chi connectivity index (χ2v) is 3.81. The van der Waals surface area contributed by atoms with Crippen LogP contribution in [-0.4, -0.2) is 23.1 Å². The summed E-state index contributed by atoms with van der Waals surface area (Å²) in [6.45, 7) is 1.60. The first-order chi connectivity index (χ1) is 7.95. The van der Waals surface area contributed by atoms with Crippen LogP contribution >= 0.6 is 11.6 Å². The highest BCUT2D eigenvalue weighted by molar-refractivity contribution is 6.31. The smallest absolute Gasteiger partial charge is 0.345 e. The Hall–Kier alpha value is -1.75. The average molecular weight is 258 g/mol. The van der Waals surface area contributed by atoms with Crippen LogP contribution in [-0.2, 0) is 9.53 Å². The maximum Gasteiger partial charge on any atom is 0.345 e. The van der Waals surface area contributed by atoms with Crippen molar-refractivity contribution in [2.45, 2.75) is 19.4 Å². The number of carbonyl (C=O) groups excluding carboxylic acids is 1. The highest BCUT2D eigenvalue weighted by atomic mass is 35.5. The van der Waals surface area contributed by atoms with Crippen LogP contribution in [0.4, 0.5) is 5.69 Å². The van der Waals surface area contributed by atoms with Crippen LogP contribution < -0.4 is 5.73 Å². The molecule has 0 spiro atoms. The normalized spacial score (nSPS) is 11.9. The standard InChI is InChI=1S/C11H12ClNO4/c1-2-9(10(14)15)17-11(16)7-5-6(12)3-4-8(7)13/h3-5,9H,2,13H2,1H3,(H,14,15). The highest BCUT2D eigenvalue weighted by Crippen LogP contribution is 2.19. The molecule has 0 aliphatic heterocycles. The summed E-state index contributed by atoms with van der Waals surface area (Å²) >= 11 is 5.71. The zero-order valence-electron chi connectivity index (χ0n) is 9.14. The van der Waals surface area contributed by atoms with E-state index in [2.05, 4.69) is 0 Å². The fourth-order valence-corrected chi connectivity index (χ4v) is 1.38. The Balaban J connectivity index is 2.89. The van der Waals surface area contributed by atoms with Gasteiger partial charge in [-0.2, -0.15) is 0 Å². The Bertz CT molecular complexity index is 447. The second kappa shape index (κ2) is 5.54. The van der Waals surface area contributed by atoms with Crippen molar-refractivity contribution in [1.29, 1.82) is 0 Å². The molecular weight excluding hydrogens is 246 g/mol. The molecule has 1 unspecified atom stereocenters. The minimum absolute atomic E-state index is 0.0669. The van der Waals surface area contributed by atoms with Crippen LogP contribution in [0.15, 0.2) is 18.2 Å². The summed E-state index contributed by atoms with van der Waals surface area (Å²) in [7, 11) is 0. The van der Waals surface area contributed by atoms with Gasteiger partial charge >= 0.3 is 11.9 Å². The summed E-state index contributed by atoms with van der Waals surface area (Å²) in [6.07, 6.45) is -0.998. The number of hydrogen-bond acceptors (Lipinski definition) is 4. The van der Waals surface area contributed by atoms with Crippen molar-refractivity contribution < 1.29 is 19.4 Å². The summed E-state index contributed by atoms with van der Waals surface area (Å²) in [5.41, 5.74) is 5.84. The number of nitrogens with two attached hydrogens (primary N) is 1. The number of carboxylic acid groups (broad SMARTS) is 1. The number of halogens is 1. The minimum Gasteiger partial charge on any atom is -0.479 e. The Kier molecular flexibility index (Phi) is 4.34. The van der Waals surface area contributed by atoms with Gasteiger partial charge in [0, 0.05) is 10.7 Å². The Morgan fingerprint density at radius 2 is 2.18 bits per heavy atom. The zero-order chi connectivity index (χ0) is 13.0. The monoisotopic (exact) mass is 257 g/mol. The first-order valence-electron chi connectivity index (χ1n) is 4.94. The van der Waals surface area contributed by atoms with Crippen molar-refractivity contribution in [1.82, 2.24) is 0 Å². The van der Waals surface area contributed by atoms with Crippen molar-refractivity contribution in [2.75, 3.05) is 5.73 Å². The first-order valence-corrected chi connectivity index (χ1v) is 5.32. The molecule has 17 heavy (non-hydrogen) atoms. The molecule has 0 heterocycles. The predicted molar refractivity (Wildman–Crippen MR) is 63.0 cm³/mol. The van der Waals surface area contributed by atoms with E-state index in [1.165, 1.54) is 18.2 Å². The van der Waals surface area contributed by atoms with Crippen LogP contribution in [0.5, 0.6) is 0 Å². The molecule has 1 rings (SSSR count). The van der Waals surface area contributed by atoms with E-state index < -0.39 is 18.0 Å². The fourth-order valence-electron chi connectivity index (χ4n) is 1.21. The van der Waals surface area contributed by atoms with Gasteiger partial charge in [0.1, 0.15) is 0 Å². The molecule has 0 amide bonds. The molecule has 0 fully saturated rings. The van der Waals surface area contributed by atoms with Crippen molar-refractivity contribution in [3.05, 3.63) is 28.8 Å². The largest absolute Gasteiger partial charge is 0.479 e. The van der Waals surface area contributed by atoms with Crippen molar-refractivity contribution in [3.8, 4) is 0 Å². The van der Waals surface area contributed by atoms with E-state index in [4.69, 9.17) is 27.2 Å². The van der Waals surface area contributed by atoms with E-state index in [9.17, 15) is 9.59 Å². The third kappa shape index (κ3) is 3.35. The summed E-state index contributed by atoms with van der Waals surface area (Å²) < 4.78 is 4.81. The quantitative estimate of drug-likeness (QED) is 0.635. The number of esters is 1. The van der Waals surface area contributed by atoms with Gasteiger partial charge in [0.25, 0.3) is 0 Å². The SMILES string of the molecule is CCC(OC(=O)c1cc(Cl)ccc1N)C(=O)O. The van der Waals surface area contributed by atoms with Gasteiger partial charge < -0.3 is 15.6 Å². The lowest BCUT2D eigenvalue weighted by Crippen LogP contribution is -2.26. The van der Waals surface area contributed by atoms with Crippen LogP contribution in [0.25, 0.3) is 0 Å².